The summed E-state index contributed by atoms with van der Waals surface area (Å²) in [6.07, 6.45) is 4.75. The molecule has 2 rings (SSSR count). The van der Waals surface area contributed by atoms with E-state index < -0.39 is 0 Å². The molecule has 0 radical (unpaired) electrons. The maximum Gasteiger partial charge on any atom is 0.0929 e. The van der Waals surface area contributed by atoms with Gasteiger partial charge >= 0.3 is 0 Å². The van der Waals surface area contributed by atoms with Crippen LogP contribution in [0.4, 0.5) is 0 Å². The molecule has 0 aromatic carbocycles. The van der Waals surface area contributed by atoms with E-state index in [-0.39, 0.29) is 0 Å². The van der Waals surface area contributed by atoms with E-state index in [0.717, 1.165) is 24.6 Å². The Bertz CT molecular complexity index is 321. The number of nitrogens with zero attached hydrogens (tertiary/aromatic N) is 1. The molecule has 96 valence electrons. The largest absolute Gasteiger partial charge is 0.375 e. The second-order valence-electron chi connectivity index (χ2n) is 4.68. The first-order chi connectivity index (χ1) is 8.38. The second kappa shape index (κ2) is 7.09. The molecular formula is C13H22N2OS. The van der Waals surface area contributed by atoms with Crippen molar-refractivity contribution < 1.29 is 4.74 Å². The third-order valence-corrected chi connectivity index (χ3v) is 4.10. The molecule has 0 aliphatic carbocycles. The Morgan fingerprint density at radius 3 is 3.29 bits per heavy atom. The standard InChI is InChI=1S/C13H22N2OS/c1-2-3-13-15-12(10-17-13)9-16-7-5-11-4-6-14-8-11/h10-11,14H,2-9H2,1H3. The zero-order valence-electron chi connectivity index (χ0n) is 10.6. The predicted molar refractivity (Wildman–Crippen MR) is 71.4 cm³/mol. The molecule has 1 atom stereocenters. The Balaban J connectivity index is 1.60. The summed E-state index contributed by atoms with van der Waals surface area (Å²) in [7, 11) is 0. The number of aryl methyl sites for hydroxylation is 1. The third kappa shape index (κ3) is 4.37. The summed E-state index contributed by atoms with van der Waals surface area (Å²) in [5.41, 5.74) is 1.10. The maximum absolute atomic E-state index is 5.69. The lowest BCUT2D eigenvalue weighted by atomic mass is 10.1. The Labute approximate surface area is 108 Å². The van der Waals surface area contributed by atoms with Crippen LogP contribution < -0.4 is 5.32 Å². The lowest BCUT2D eigenvalue weighted by Gasteiger charge is -2.07. The summed E-state index contributed by atoms with van der Waals surface area (Å²) < 4.78 is 5.69. The summed E-state index contributed by atoms with van der Waals surface area (Å²) in [6.45, 7) is 6.08. The molecule has 1 fully saturated rings. The summed E-state index contributed by atoms with van der Waals surface area (Å²) in [5.74, 6) is 0.820. The number of hydrogen-bond donors (Lipinski definition) is 1. The molecule has 1 unspecified atom stereocenters. The van der Waals surface area contributed by atoms with Gasteiger partial charge in [-0.05, 0) is 44.7 Å². The Morgan fingerprint density at radius 2 is 2.53 bits per heavy atom. The smallest absolute Gasteiger partial charge is 0.0929 e. The van der Waals surface area contributed by atoms with Crippen LogP contribution in [0, 0.1) is 5.92 Å². The van der Waals surface area contributed by atoms with Crippen LogP contribution in [-0.4, -0.2) is 24.7 Å². The number of rotatable bonds is 7. The second-order valence-corrected chi connectivity index (χ2v) is 5.63. The van der Waals surface area contributed by atoms with Crippen LogP contribution >= 0.6 is 11.3 Å². The van der Waals surface area contributed by atoms with Crippen molar-refractivity contribution in [2.75, 3.05) is 19.7 Å². The van der Waals surface area contributed by atoms with Gasteiger partial charge in [0.25, 0.3) is 0 Å². The monoisotopic (exact) mass is 254 g/mol. The molecule has 4 heteroatoms. The van der Waals surface area contributed by atoms with E-state index in [9.17, 15) is 0 Å². The van der Waals surface area contributed by atoms with E-state index >= 15 is 0 Å². The molecule has 1 aromatic rings. The summed E-state index contributed by atoms with van der Waals surface area (Å²) in [4.78, 5) is 4.55. The molecule has 2 heterocycles. The number of thiazole rings is 1. The van der Waals surface area contributed by atoms with Gasteiger partial charge in [0, 0.05) is 12.0 Å². The quantitative estimate of drug-likeness (QED) is 0.760. The summed E-state index contributed by atoms with van der Waals surface area (Å²) in [6, 6.07) is 0. The first-order valence-corrected chi connectivity index (χ1v) is 7.48. The predicted octanol–water partition coefficient (Wildman–Crippen LogP) is 2.61. The Kier molecular flexibility index (Phi) is 5.42. The van der Waals surface area contributed by atoms with E-state index in [1.54, 1.807) is 11.3 Å². The zero-order chi connectivity index (χ0) is 11.9. The minimum Gasteiger partial charge on any atom is -0.375 e. The molecule has 1 aromatic heterocycles. The SMILES string of the molecule is CCCc1nc(COCCC2CCNC2)cs1. The van der Waals surface area contributed by atoms with Crippen molar-refractivity contribution in [1.82, 2.24) is 10.3 Å². The number of ether oxygens (including phenoxy) is 1. The van der Waals surface area contributed by atoms with Crippen LogP contribution in [0.25, 0.3) is 0 Å². The molecule has 0 bridgehead atoms. The zero-order valence-corrected chi connectivity index (χ0v) is 11.4. The van der Waals surface area contributed by atoms with Crippen LogP contribution in [0.2, 0.25) is 0 Å². The van der Waals surface area contributed by atoms with E-state index in [0.29, 0.717) is 6.61 Å². The topological polar surface area (TPSA) is 34.1 Å². The molecule has 0 spiro atoms. The highest BCUT2D eigenvalue weighted by Gasteiger charge is 2.13. The molecule has 1 saturated heterocycles. The van der Waals surface area contributed by atoms with Gasteiger partial charge in [-0.15, -0.1) is 11.3 Å². The van der Waals surface area contributed by atoms with Crippen molar-refractivity contribution in [2.45, 2.75) is 39.2 Å². The van der Waals surface area contributed by atoms with Gasteiger partial charge in [-0.3, -0.25) is 0 Å². The fraction of sp³-hybridized carbons (Fsp3) is 0.769. The highest BCUT2D eigenvalue weighted by Crippen LogP contribution is 2.14. The molecular weight excluding hydrogens is 232 g/mol. The summed E-state index contributed by atoms with van der Waals surface area (Å²) >= 11 is 1.76. The molecule has 1 N–H and O–H groups in total. The summed E-state index contributed by atoms with van der Waals surface area (Å²) in [5, 5.41) is 6.75. The van der Waals surface area contributed by atoms with Gasteiger partial charge in [0.1, 0.15) is 0 Å². The van der Waals surface area contributed by atoms with Crippen molar-refractivity contribution >= 4 is 11.3 Å². The lowest BCUT2D eigenvalue weighted by molar-refractivity contribution is 0.107. The Hall–Kier alpha value is -0.450. The number of hydrogen-bond acceptors (Lipinski definition) is 4. The van der Waals surface area contributed by atoms with Gasteiger partial charge in [0.05, 0.1) is 17.3 Å². The maximum atomic E-state index is 5.69. The van der Waals surface area contributed by atoms with Crippen molar-refractivity contribution in [3.63, 3.8) is 0 Å². The van der Waals surface area contributed by atoms with E-state index in [4.69, 9.17) is 4.74 Å². The van der Waals surface area contributed by atoms with Crippen LogP contribution in [-0.2, 0) is 17.8 Å². The number of nitrogens with one attached hydrogen (secondary N) is 1. The van der Waals surface area contributed by atoms with E-state index in [1.807, 2.05) is 0 Å². The van der Waals surface area contributed by atoms with E-state index in [1.165, 1.54) is 37.4 Å². The van der Waals surface area contributed by atoms with Crippen LogP contribution in [0.1, 0.15) is 36.9 Å². The normalized spacial score (nSPS) is 19.9. The van der Waals surface area contributed by atoms with Crippen molar-refractivity contribution in [2.24, 2.45) is 5.92 Å². The van der Waals surface area contributed by atoms with Crippen molar-refractivity contribution in [3.8, 4) is 0 Å². The first-order valence-electron chi connectivity index (χ1n) is 6.60. The van der Waals surface area contributed by atoms with Gasteiger partial charge < -0.3 is 10.1 Å². The molecule has 0 amide bonds. The van der Waals surface area contributed by atoms with Crippen LogP contribution in [0.5, 0.6) is 0 Å². The van der Waals surface area contributed by atoms with Gasteiger partial charge in [0.15, 0.2) is 0 Å². The highest BCUT2D eigenvalue weighted by molar-refractivity contribution is 7.09. The first kappa shape index (κ1) is 13.0. The number of aromatic nitrogens is 1. The minimum atomic E-state index is 0.681. The van der Waals surface area contributed by atoms with Gasteiger partial charge in [-0.1, -0.05) is 6.92 Å². The van der Waals surface area contributed by atoms with Crippen LogP contribution in [0.15, 0.2) is 5.38 Å². The van der Waals surface area contributed by atoms with Gasteiger partial charge in [-0.25, -0.2) is 4.98 Å². The van der Waals surface area contributed by atoms with E-state index in [2.05, 4.69) is 22.6 Å². The third-order valence-electron chi connectivity index (χ3n) is 3.15. The molecule has 1 aliphatic rings. The molecule has 3 nitrogen and oxygen atoms in total. The van der Waals surface area contributed by atoms with Gasteiger partial charge in [0.2, 0.25) is 0 Å². The lowest BCUT2D eigenvalue weighted by Crippen LogP contribution is -2.10. The molecule has 0 saturated carbocycles. The molecule has 1 aliphatic heterocycles. The average Bonchev–Trinajstić information content (AvgIpc) is 2.96. The Morgan fingerprint density at radius 1 is 1.59 bits per heavy atom. The van der Waals surface area contributed by atoms with Gasteiger partial charge in [-0.2, -0.15) is 0 Å². The fourth-order valence-corrected chi connectivity index (χ4v) is 3.02. The highest BCUT2D eigenvalue weighted by atomic mass is 32.1. The molecule has 17 heavy (non-hydrogen) atoms. The average molecular weight is 254 g/mol. The van der Waals surface area contributed by atoms with Crippen molar-refractivity contribution in [3.05, 3.63) is 16.1 Å². The van der Waals surface area contributed by atoms with Crippen molar-refractivity contribution in [1.29, 1.82) is 0 Å². The minimum absolute atomic E-state index is 0.681. The fourth-order valence-electron chi connectivity index (χ4n) is 2.13. The van der Waals surface area contributed by atoms with Crippen LogP contribution in [0.3, 0.4) is 0 Å².